The number of aromatic nitrogens is 2. The Morgan fingerprint density at radius 1 is 1.28 bits per heavy atom. The fourth-order valence-electron chi connectivity index (χ4n) is 1.63. The van der Waals surface area contributed by atoms with Crippen LogP contribution in [0.4, 0.5) is 5.82 Å². The summed E-state index contributed by atoms with van der Waals surface area (Å²) < 4.78 is 0.829. The van der Waals surface area contributed by atoms with Gasteiger partial charge in [0.2, 0.25) is 0 Å². The molecular formula is C13H16BrN3S. The predicted molar refractivity (Wildman–Crippen MR) is 80.2 cm³/mol. The van der Waals surface area contributed by atoms with Gasteiger partial charge in [0.15, 0.2) is 0 Å². The number of nitrogens with one attached hydrogen (secondary N) is 1. The zero-order valence-corrected chi connectivity index (χ0v) is 13.2. The highest BCUT2D eigenvalue weighted by molar-refractivity contribution is 9.10. The molecule has 0 aliphatic rings. The molecule has 0 bridgehead atoms. The summed E-state index contributed by atoms with van der Waals surface area (Å²) >= 11 is 5.24. The van der Waals surface area contributed by atoms with E-state index in [4.69, 9.17) is 0 Å². The van der Waals surface area contributed by atoms with Gasteiger partial charge in [0.25, 0.3) is 0 Å². The van der Waals surface area contributed by atoms with Gasteiger partial charge in [-0.05, 0) is 41.4 Å². The quantitative estimate of drug-likeness (QED) is 0.860. The average molecular weight is 326 g/mol. The van der Waals surface area contributed by atoms with Crippen LogP contribution in [0.3, 0.4) is 0 Å². The van der Waals surface area contributed by atoms with Gasteiger partial charge in [0.1, 0.15) is 16.2 Å². The van der Waals surface area contributed by atoms with Crippen molar-refractivity contribution in [3.8, 4) is 0 Å². The van der Waals surface area contributed by atoms with E-state index in [2.05, 4.69) is 58.1 Å². The summed E-state index contributed by atoms with van der Waals surface area (Å²) in [4.78, 5) is 11.5. The Balaban J connectivity index is 2.07. The molecule has 0 aliphatic carbocycles. The highest BCUT2D eigenvalue weighted by Crippen LogP contribution is 2.21. The molecule has 3 nitrogen and oxygen atoms in total. The maximum atomic E-state index is 4.45. The van der Waals surface area contributed by atoms with E-state index >= 15 is 0 Å². The normalized spacial score (nSPS) is 10.7. The Morgan fingerprint density at radius 2 is 2.06 bits per heavy atom. The number of thiophene rings is 1. The van der Waals surface area contributed by atoms with Gasteiger partial charge in [-0.1, -0.05) is 6.92 Å². The van der Waals surface area contributed by atoms with Gasteiger partial charge in [0, 0.05) is 22.2 Å². The minimum absolute atomic E-state index is 0.811. The molecule has 5 heteroatoms. The smallest absolute Gasteiger partial charge is 0.131 e. The van der Waals surface area contributed by atoms with Crippen LogP contribution in [0, 0.1) is 13.8 Å². The van der Waals surface area contributed by atoms with Crippen molar-refractivity contribution in [3.63, 3.8) is 0 Å². The number of nitrogens with zero attached hydrogens (tertiary/aromatic N) is 2. The predicted octanol–water partition coefficient (Wildman–Crippen LogP) is 4.09. The number of rotatable bonds is 4. The maximum absolute atomic E-state index is 4.45. The topological polar surface area (TPSA) is 37.8 Å². The van der Waals surface area contributed by atoms with Gasteiger partial charge in [0.05, 0.1) is 6.54 Å². The molecule has 1 N–H and O–H groups in total. The SMILES string of the molecule is CCc1nc(Br)cc(NCc2cc(C)c(C)s2)n1. The summed E-state index contributed by atoms with van der Waals surface area (Å²) in [5.74, 6) is 1.72. The van der Waals surface area contributed by atoms with Crippen molar-refractivity contribution in [2.24, 2.45) is 0 Å². The van der Waals surface area contributed by atoms with E-state index in [1.807, 2.05) is 17.4 Å². The van der Waals surface area contributed by atoms with Crippen molar-refractivity contribution in [3.05, 3.63) is 37.9 Å². The standard InChI is InChI=1S/C13H16BrN3S/c1-4-12-16-11(14)6-13(17-12)15-7-10-5-8(2)9(3)18-10/h5-6H,4,7H2,1-3H3,(H,15,16,17). The first kappa shape index (κ1) is 13.5. The summed E-state index contributed by atoms with van der Waals surface area (Å²) in [6.07, 6.45) is 0.839. The summed E-state index contributed by atoms with van der Waals surface area (Å²) in [6, 6.07) is 4.14. The molecule has 2 aromatic heterocycles. The van der Waals surface area contributed by atoms with Gasteiger partial charge in [-0.25, -0.2) is 9.97 Å². The zero-order valence-electron chi connectivity index (χ0n) is 10.7. The fraction of sp³-hybridized carbons (Fsp3) is 0.385. The largest absolute Gasteiger partial charge is 0.365 e. The lowest BCUT2D eigenvalue weighted by atomic mass is 10.3. The van der Waals surface area contributed by atoms with E-state index < -0.39 is 0 Å². The van der Waals surface area contributed by atoms with Crippen molar-refractivity contribution in [1.82, 2.24) is 9.97 Å². The van der Waals surface area contributed by atoms with Crippen LogP contribution >= 0.6 is 27.3 Å². The lowest BCUT2D eigenvalue weighted by Crippen LogP contribution is -2.03. The van der Waals surface area contributed by atoms with Crippen molar-refractivity contribution < 1.29 is 0 Å². The van der Waals surface area contributed by atoms with Crippen LogP contribution in [0.1, 0.15) is 28.1 Å². The first-order chi connectivity index (χ1) is 8.58. The number of aryl methyl sites for hydroxylation is 3. The molecule has 2 heterocycles. The number of halogens is 1. The Morgan fingerprint density at radius 3 is 2.67 bits per heavy atom. The minimum Gasteiger partial charge on any atom is -0.365 e. The third-order valence-electron chi connectivity index (χ3n) is 2.72. The Kier molecular flexibility index (Phi) is 4.35. The van der Waals surface area contributed by atoms with Crippen molar-refractivity contribution in [2.75, 3.05) is 5.32 Å². The lowest BCUT2D eigenvalue weighted by molar-refractivity contribution is 0.923. The molecule has 0 saturated heterocycles. The second-order valence-corrected chi connectivity index (χ2v) is 6.30. The summed E-state index contributed by atoms with van der Waals surface area (Å²) in [6.45, 7) is 7.16. The van der Waals surface area contributed by atoms with Crippen LogP contribution in [0.25, 0.3) is 0 Å². The Labute approximate surface area is 120 Å². The first-order valence-electron chi connectivity index (χ1n) is 5.91. The summed E-state index contributed by atoms with van der Waals surface area (Å²) in [5.41, 5.74) is 1.36. The molecule has 0 fully saturated rings. The number of hydrogen-bond acceptors (Lipinski definition) is 4. The van der Waals surface area contributed by atoms with Gasteiger partial charge in [-0.2, -0.15) is 0 Å². The van der Waals surface area contributed by atoms with Gasteiger partial charge in [-0.15, -0.1) is 11.3 Å². The highest BCUT2D eigenvalue weighted by Gasteiger charge is 2.04. The van der Waals surface area contributed by atoms with Crippen molar-refractivity contribution >= 4 is 33.1 Å². The van der Waals surface area contributed by atoms with Crippen LogP contribution in [-0.4, -0.2) is 9.97 Å². The monoisotopic (exact) mass is 325 g/mol. The first-order valence-corrected chi connectivity index (χ1v) is 7.52. The lowest BCUT2D eigenvalue weighted by Gasteiger charge is -2.06. The molecule has 2 rings (SSSR count). The maximum Gasteiger partial charge on any atom is 0.131 e. The molecule has 0 amide bonds. The molecule has 0 aromatic carbocycles. The molecule has 0 spiro atoms. The molecule has 0 aliphatic heterocycles. The second kappa shape index (κ2) is 5.80. The van der Waals surface area contributed by atoms with E-state index in [1.54, 1.807) is 0 Å². The molecule has 0 unspecified atom stereocenters. The molecule has 2 aromatic rings. The Hall–Kier alpha value is -0.940. The Bertz CT molecular complexity index is 532. The van der Waals surface area contributed by atoms with E-state index in [0.29, 0.717) is 0 Å². The minimum atomic E-state index is 0.811. The summed E-state index contributed by atoms with van der Waals surface area (Å²) in [5, 5.41) is 3.35. The zero-order chi connectivity index (χ0) is 13.1. The van der Waals surface area contributed by atoms with Crippen LogP contribution < -0.4 is 5.32 Å². The van der Waals surface area contributed by atoms with Crippen LogP contribution in [0.5, 0.6) is 0 Å². The summed E-state index contributed by atoms with van der Waals surface area (Å²) in [7, 11) is 0. The number of anilines is 1. The fourth-order valence-corrected chi connectivity index (χ4v) is 3.04. The van der Waals surface area contributed by atoms with E-state index in [0.717, 1.165) is 29.2 Å². The average Bonchev–Trinajstić information content (AvgIpc) is 2.65. The molecule has 0 saturated carbocycles. The van der Waals surface area contributed by atoms with Crippen LogP contribution in [0.2, 0.25) is 0 Å². The van der Waals surface area contributed by atoms with E-state index in [-0.39, 0.29) is 0 Å². The van der Waals surface area contributed by atoms with Crippen LogP contribution in [-0.2, 0) is 13.0 Å². The van der Waals surface area contributed by atoms with E-state index in [1.165, 1.54) is 15.3 Å². The third-order valence-corrected chi connectivity index (χ3v) is 4.28. The van der Waals surface area contributed by atoms with Crippen molar-refractivity contribution in [2.45, 2.75) is 33.7 Å². The van der Waals surface area contributed by atoms with Crippen LogP contribution in [0.15, 0.2) is 16.7 Å². The molecular weight excluding hydrogens is 310 g/mol. The van der Waals surface area contributed by atoms with Gasteiger partial charge in [-0.3, -0.25) is 0 Å². The molecule has 0 radical (unpaired) electrons. The third kappa shape index (κ3) is 3.29. The highest BCUT2D eigenvalue weighted by atomic mass is 79.9. The number of hydrogen-bond donors (Lipinski definition) is 1. The molecule has 96 valence electrons. The second-order valence-electron chi connectivity index (χ2n) is 4.15. The van der Waals surface area contributed by atoms with Gasteiger partial charge >= 0.3 is 0 Å². The van der Waals surface area contributed by atoms with Gasteiger partial charge < -0.3 is 5.32 Å². The molecule has 18 heavy (non-hydrogen) atoms. The van der Waals surface area contributed by atoms with Crippen molar-refractivity contribution in [1.29, 1.82) is 0 Å². The van der Waals surface area contributed by atoms with E-state index in [9.17, 15) is 0 Å². The molecule has 0 atom stereocenters.